The van der Waals surface area contributed by atoms with Crippen LogP contribution in [0.5, 0.6) is 5.75 Å². The number of nitrogens with one attached hydrogen (secondary N) is 1. The number of halogens is 1. The molecular formula is C12H17BrN2O5S. The van der Waals surface area contributed by atoms with Crippen LogP contribution < -0.4 is 15.2 Å². The topological polar surface area (TPSA) is 108 Å². The molecule has 0 spiro atoms. The highest BCUT2D eigenvalue weighted by atomic mass is 79.9. The van der Waals surface area contributed by atoms with Crippen molar-refractivity contribution in [3.63, 3.8) is 0 Å². The molecule has 0 fully saturated rings. The zero-order chi connectivity index (χ0) is 16.0. The number of ether oxygens (including phenoxy) is 2. The van der Waals surface area contributed by atoms with Crippen molar-refractivity contribution in [3.8, 4) is 5.75 Å². The molecule has 7 nitrogen and oxygen atoms in total. The molecule has 0 aliphatic heterocycles. The third-order valence-electron chi connectivity index (χ3n) is 2.50. The molecule has 0 amide bonds. The van der Waals surface area contributed by atoms with E-state index in [4.69, 9.17) is 15.2 Å². The lowest BCUT2D eigenvalue weighted by atomic mass is 10.3. The summed E-state index contributed by atoms with van der Waals surface area (Å²) in [7, 11) is -2.48. The van der Waals surface area contributed by atoms with Gasteiger partial charge in [0.05, 0.1) is 20.1 Å². The molecule has 3 N–H and O–H groups in total. The van der Waals surface area contributed by atoms with Crippen molar-refractivity contribution in [1.29, 1.82) is 0 Å². The van der Waals surface area contributed by atoms with E-state index >= 15 is 0 Å². The second-order valence-electron chi connectivity index (χ2n) is 3.98. The van der Waals surface area contributed by atoms with Gasteiger partial charge in [0, 0.05) is 16.7 Å². The number of nitrogens with two attached hydrogens (primary N) is 1. The van der Waals surface area contributed by atoms with Gasteiger partial charge in [-0.3, -0.25) is 4.79 Å². The number of esters is 1. The van der Waals surface area contributed by atoms with Crippen LogP contribution >= 0.6 is 15.9 Å². The van der Waals surface area contributed by atoms with E-state index in [1.807, 2.05) is 0 Å². The van der Waals surface area contributed by atoms with Crippen LogP contribution in [0.3, 0.4) is 0 Å². The summed E-state index contributed by atoms with van der Waals surface area (Å²) in [6, 6.07) is 2.75. The van der Waals surface area contributed by atoms with Gasteiger partial charge in [-0.15, -0.1) is 0 Å². The zero-order valence-electron chi connectivity index (χ0n) is 11.7. The van der Waals surface area contributed by atoms with Gasteiger partial charge >= 0.3 is 5.97 Å². The van der Waals surface area contributed by atoms with E-state index in [1.165, 1.54) is 19.2 Å². The van der Waals surface area contributed by atoms with E-state index in [0.717, 1.165) is 0 Å². The van der Waals surface area contributed by atoms with Gasteiger partial charge in [-0.2, -0.15) is 0 Å². The third kappa shape index (κ3) is 4.87. The maximum atomic E-state index is 12.2. The minimum atomic E-state index is -3.84. The fourth-order valence-corrected chi connectivity index (χ4v) is 3.06. The summed E-state index contributed by atoms with van der Waals surface area (Å²) in [6.07, 6.45) is -0.0542. The zero-order valence-corrected chi connectivity index (χ0v) is 14.1. The molecule has 1 aromatic carbocycles. The van der Waals surface area contributed by atoms with Gasteiger partial charge in [0.2, 0.25) is 10.0 Å². The first-order valence-electron chi connectivity index (χ1n) is 6.10. The maximum Gasteiger partial charge on any atom is 0.307 e. The molecule has 9 heteroatoms. The van der Waals surface area contributed by atoms with E-state index in [0.29, 0.717) is 4.47 Å². The van der Waals surface area contributed by atoms with Crippen LogP contribution in [0.1, 0.15) is 13.3 Å². The van der Waals surface area contributed by atoms with Crippen LogP contribution in [0.25, 0.3) is 0 Å². The molecule has 21 heavy (non-hydrogen) atoms. The second kappa shape index (κ2) is 7.62. The van der Waals surface area contributed by atoms with Crippen molar-refractivity contribution in [2.24, 2.45) is 0 Å². The summed E-state index contributed by atoms with van der Waals surface area (Å²) >= 11 is 3.20. The van der Waals surface area contributed by atoms with E-state index < -0.39 is 16.0 Å². The number of anilines is 1. The summed E-state index contributed by atoms with van der Waals surface area (Å²) in [5.41, 5.74) is 5.95. The fourth-order valence-electron chi connectivity index (χ4n) is 1.52. The first-order valence-corrected chi connectivity index (χ1v) is 8.37. The highest BCUT2D eigenvalue weighted by Crippen LogP contribution is 2.32. The maximum absolute atomic E-state index is 12.2. The molecule has 0 aromatic heterocycles. The van der Waals surface area contributed by atoms with Gasteiger partial charge in [-0.05, 0) is 35.0 Å². The number of nitrogen functional groups attached to an aromatic ring is 1. The molecule has 0 saturated carbocycles. The summed E-state index contributed by atoms with van der Waals surface area (Å²) in [4.78, 5) is 11.1. The quantitative estimate of drug-likeness (QED) is 0.544. The standard InChI is InChI=1S/C12H17BrN2O5S/c1-3-20-12(16)4-5-15-21(17,18)11-7-9(14)8(13)6-10(11)19-2/h6-7,15H,3-5,14H2,1-2H3. The van der Waals surface area contributed by atoms with E-state index in [9.17, 15) is 13.2 Å². The van der Waals surface area contributed by atoms with Gasteiger partial charge in [-0.25, -0.2) is 13.1 Å². The highest BCUT2D eigenvalue weighted by molar-refractivity contribution is 9.10. The Labute approximate surface area is 132 Å². The minimum absolute atomic E-state index is 0.0542. The lowest BCUT2D eigenvalue weighted by Crippen LogP contribution is -2.27. The van der Waals surface area contributed by atoms with Crippen molar-refractivity contribution in [3.05, 3.63) is 16.6 Å². The number of rotatable bonds is 7. The van der Waals surface area contributed by atoms with Crippen LogP contribution in [0.15, 0.2) is 21.5 Å². The number of sulfonamides is 1. The number of benzene rings is 1. The summed E-state index contributed by atoms with van der Waals surface area (Å²) in [5, 5.41) is 0. The third-order valence-corrected chi connectivity index (χ3v) is 4.67. The number of methoxy groups -OCH3 is 1. The summed E-state index contributed by atoms with van der Waals surface area (Å²) in [5.74, 6) is -0.317. The molecule has 0 saturated heterocycles. The Hall–Kier alpha value is -1.32. The van der Waals surface area contributed by atoms with Crippen molar-refractivity contribution >= 4 is 37.6 Å². The molecule has 0 heterocycles. The largest absolute Gasteiger partial charge is 0.495 e. The Morgan fingerprint density at radius 3 is 2.67 bits per heavy atom. The number of carbonyl (C=O) groups excluding carboxylic acids is 1. The Balaban J connectivity index is 2.88. The molecule has 0 atom stereocenters. The molecule has 0 aliphatic rings. The molecule has 0 unspecified atom stereocenters. The van der Waals surface area contributed by atoms with Gasteiger partial charge in [-0.1, -0.05) is 0 Å². The highest BCUT2D eigenvalue weighted by Gasteiger charge is 2.21. The van der Waals surface area contributed by atoms with Crippen LogP contribution in [-0.4, -0.2) is 34.6 Å². The molecule has 1 aromatic rings. The number of carbonyl (C=O) groups is 1. The molecular weight excluding hydrogens is 364 g/mol. The lowest BCUT2D eigenvalue weighted by molar-refractivity contribution is -0.142. The normalized spacial score (nSPS) is 11.2. The predicted molar refractivity (Wildman–Crippen MR) is 81.5 cm³/mol. The van der Waals surface area contributed by atoms with Crippen molar-refractivity contribution in [1.82, 2.24) is 4.72 Å². The van der Waals surface area contributed by atoms with Crippen LogP contribution in [0.2, 0.25) is 0 Å². The summed E-state index contributed by atoms with van der Waals surface area (Å²) in [6.45, 7) is 1.86. The smallest absolute Gasteiger partial charge is 0.307 e. The van der Waals surface area contributed by atoms with Crippen molar-refractivity contribution in [2.45, 2.75) is 18.2 Å². The first-order chi connectivity index (χ1) is 9.81. The SMILES string of the molecule is CCOC(=O)CCNS(=O)(=O)c1cc(N)c(Br)cc1OC. The van der Waals surface area contributed by atoms with Crippen molar-refractivity contribution < 1.29 is 22.7 Å². The number of hydrogen-bond acceptors (Lipinski definition) is 6. The minimum Gasteiger partial charge on any atom is -0.495 e. The molecule has 1 rings (SSSR count). The van der Waals surface area contributed by atoms with Crippen molar-refractivity contribution in [2.75, 3.05) is 26.0 Å². The molecule has 0 radical (unpaired) electrons. The monoisotopic (exact) mass is 380 g/mol. The fraction of sp³-hybridized carbons (Fsp3) is 0.417. The predicted octanol–water partition coefficient (Wildman–Crippen LogP) is 1.27. The average molecular weight is 381 g/mol. The molecule has 118 valence electrons. The van der Waals surface area contributed by atoms with Gasteiger partial charge < -0.3 is 15.2 Å². The Bertz CT molecular complexity index is 618. The van der Waals surface area contributed by atoms with Gasteiger partial charge in [0.15, 0.2) is 0 Å². The Morgan fingerprint density at radius 1 is 1.43 bits per heavy atom. The van der Waals surface area contributed by atoms with E-state index in [-0.39, 0.29) is 35.9 Å². The number of hydrogen-bond donors (Lipinski definition) is 2. The summed E-state index contributed by atoms with van der Waals surface area (Å²) < 4.78 is 37.0. The van der Waals surface area contributed by atoms with Crippen LogP contribution in [0, 0.1) is 0 Å². The van der Waals surface area contributed by atoms with Gasteiger partial charge in [0.25, 0.3) is 0 Å². The van der Waals surface area contributed by atoms with E-state index in [2.05, 4.69) is 20.7 Å². The first kappa shape index (κ1) is 17.7. The molecule has 0 bridgehead atoms. The van der Waals surface area contributed by atoms with Gasteiger partial charge in [0.1, 0.15) is 10.6 Å². The van der Waals surface area contributed by atoms with Crippen LogP contribution in [0.4, 0.5) is 5.69 Å². The second-order valence-corrected chi connectivity index (χ2v) is 6.57. The average Bonchev–Trinajstić information content (AvgIpc) is 2.41. The van der Waals surface area contributed by atoms with E-state index in [1.54, 1.807) is 6.92 Å². The molecule has 0 aliphatic carbocycles. The Morgan fingerprint density at radius 2 is 2.10 bits per heavy atom. The Kier molecular flexibility index (Phi) is 6.43. The lowest BCUT2D eigenvalue weighted by Gasteiger charge is -2.12. The van der Waals surface area contributed by atoms with Crippen LogP contribution in [-0.2, 0) is 19.6 Å².